The van der Waals surface area contributed by atoms with Crippen molar-refractivity contribution in [3.05, 3.63) is 89.5 Å². The van der Waals surface area contributed by atoms with Crippen molar-refractivity contribution in [3.63, 3.8) is 0 Å². The fourth-order valence-corrected chi connectivity index (χ4v) is 4.58. The Morgan fingerprint density at radius 2 is 1.39 bits per heavy atom. The van der Waals surface area contributed by atoms with E-state index in [9.17, 15) is 19.2 Å². The second kappa shape index (κ2) is 9.65. The highest BCUT2D eigenvalue weighted by atomic mass is 16.7. The minimum absolute atomic E-state index is 0.000641. The van der Waals surface area contributed by atoms with Gasteiger partial charge in [0.05, 0.1) is 6.42 Å². The van der Waals surface area contributed by atoms with Crippen molar-refractivity contribution < 1.29 is 28.8 Å². The number of rotatable bonds is 6. The normalized spacial score (nSPS) is 14.9. The molecule has 0 atom stereocenters. The quantitative estimate of drug-likeness (QED) is 0.296. The number of fused-ring (bicyclic) bond motifs is 2. The van der Waals surface area contributed by atoms with Crippen LogP contribution in [-0.2, 0) is 30.4 Å². The van der Waals surface area contributed by atoms with E-state index in [1.165, 1.54) is 0 Å². The van der Waals surface area contributed by atoms with E-state index in [2.05, 4.69) is 4.90 Å². The maximum absolute atomic E-state index is 13.4. The molecule has 2 heterocycles. The number of ether oxygens (including phenoxy) is 1. The van der Waals surface area contributed by atoms with E-state index in [1.807, 2.05) is 55.6 Å². The zero-order valence-corrected chi connectivity index (χ0v) is 19.7. The Kier molecular flexibility index (Phi) is 6.25. The molecule has 2 aliphatic heterocycles. The van der Waals surface area contributed by atoms with Crippen molar-refractivity contribution in [2.45, 2.75) is 31.6 Å². The van der Waals surface area contributed by atoms with Crippen LogP contribution in [0.5, 0.6) is 5.75 Å². The minimum atomic E-state index is -0.659. The number of anilines is 2. The predicted octanol–water partition coefficient (Wildman–Crippen LogP) is 4.05. The van der Waals surface area contributed by atoms with Crippen LogP contribution in [0.4, 0.5) is 11.4 Å². The van der Waals surface area contributed by atoms with Crippen LogP contribution in [0, 0.1) is 0 Å². The van der Waals surface area contributed by atoms with Gasteiger partial charge in [-0.1, -0.05) is 48.5 Å². The topological polar surface area (TPSA) is 93.2 Å². The van der Waals surface area contributed by atoms with E-state index in [0.29, 0.717) is 17.2 Å². The molecule has 36 heavy (non-hydrogen) atoms. The van der Waals surface area contributed by atoms with Gasteiger partial charge in [0.15, 0.2) is 0 Å². The molecule has 1 saturated heterocycles. The van der Waals surface area contributed by atoms with Crippen molar-refractivity contribution in [1.29, 1.82) is 0 Å². The van der Waals surface area contributed by atoms with Gasteiger partial charge in [0.1, 0.15) is 11.7 Å². The van der Waals surface area contributed by atoms with E-state index in [1.54, 1.807) is 24.3 Å². The van der Waals surface area contributed by atoms with Crippen LogP contribution in [0.1, 0.15) is 41.9 Å². The lowest BCUT2D eigenvalue weighted by Gasteiger charge is -2.34. The van der Waals surface area contributed by atoms with Gasteiger partial charge in [-0.15, -0.1) is 5.06 Å². The number of hydrogen-bond donors (Lipinski definition) is 0. The molecule has 0 aliphatic carbocycles. The van der Waals surface area contributed by atoms with E-state index in [4.69, 9.17) is 9.57 Å². The van der Waals surface area contributed by atoms with Crippen molar-refractivity contribution >= 4 is 35.1 Å². The SMILES string of the molecule is CN1c2ccccc2C(C(=O)Oc2ccc(CCC(=O)ON3C(=O)CCC3=O)cc2)c2ccccc21. The summed E-state index contributed by atoms with van der Waals surface area (Å²) in [5, 5.41) is 0.546. The van der Waals surface area contributed by atoms with Gasteiger partial charge in [-0.2, -0.15) is 0 Å². The standard InChI is InChI=1S/C28H24N2O6/c1-29-22-8-4-2-6-20(22)27(21-7-3-5-9-23(21)29)28(34)35-19-13-10-18(11-14-19)12-17-26(33)36-30-24(31)15-16-25(30)32/h2-11,13-14,27H,12,15-17H2,1H3. The first-order chi connectivity index (χ1) is 17.4. The van der Waals surface area contributed by atoms with Crippen LogP contribution in [-0.4, -0.2) is 35.9 Å². The van der Waals surface area contributed by atoms with Crippen LogP contribution in [0.25, 0.3) is 0 Å². The van der Waals surface area contributed by atoms with Crippen LogP contribution in [0.2, 0.25) is 0 Å². The molecule has 0 saturated carbocycles. The Morgan fingerprint density at radius 3 is 1.97 bits per heavy atom. The number of nitrogens with zero attached hydrogens (tertiary/aromatic N) is 2. The van der Waals surface area contributed by atoms with Gasteiger partial charge in [-0.25, -0.2) is 4.79 Å². The molecule has 8 heteroatoms. The molecule has 2 amide bonds. The molecule has 0 radical (unpaired) electrons. The van der Waals surface area contributed by atoms with Gasteiger partial charge in [0, 0.05) is 31.3 Å². The average molecular weight is 485 g/mol. The Morgan fingerprint density at radius 1 is 0.833 bits per heavy atom. The summed E-state index contributed by atoms with van der Waals surface area (Å²) in [5.74, 6) is -2.20. The molecule has 0 spiro atoms. The third kappa shape index (κ3) is 4.45. The maximum Gasteiger partial charge on any atom is 0.333 e. The van der Waals surface area contributed by atoms with Crippen LogP contribution in [0.15, 0.2) is 72.8 Å². The lowest BCUT2D eigenvalue weighted by molar-refractivity contribution is -0.197. The van der Waals surface area contributed by atoms with Gasteiger partial charge in [0.2, 0.25) is 0 Å². The van der Waals surface area contributed by atoms with Gasteiger partial charge in [0.25, 0.3) is 11.8 Å². The van der Waals surface area contributed by atoms with E-state index in [0.717, 1.165) is 28.1 Å². The molecular formula is C28H24N2O6. The first-order valence-corrected chi connectivity index (χ1v) is 11.7. The molecule has 0 unspecified atom stereocenters. The maximum atomic E-state index is 13.4. The van der Waals surface area contributed by atoms with Gasteiger partial charge in [-0.05, 0) is 47.4 Å². The number of imide groups is 1. The van der Waals surface area contributed by atoms with Crippen molar-refractivity contribution in [1.82, 2.24) is 5.06 Å². The lowest BCUT2D eigenvalue weighted by atomic mass is 9.85. The third-order valence-corrected chi connectivity index (χ3v) is 6.41. The molecule has 3 aromatic carbocycles. The van der Waals surface area contributed by atoms with Gasteiger partial charge >= 0.3 is 11.9 Å². The summed E-state index contributed by atoms with van der Waals surface area (Å²) in [7, 11) is 1.98. The van der Waals surface area contributed by atoms with Crippen molar-refractivity contribution in [2.75, 3.05) is 11.9 Å². The molecule has 0 N–H and O–H groups in total. The van der Waals surface area contributed by atoms with Crippen molar-refractivity contribution in [3.8, 4) is 5.75 Å². The summed E-state index contributed by atoms with van der Waals surface area (Å²) >= 11 is 0. The van der Waals surface area contributed by atoms with Crippen LogP contribution < -0.4 is 9.64 Å². The molecule has 182 valence electrons. The Labute approximate surface area is 208 Å². The summed E-state index contributed by atoms with van der Waals surface area (Å²) in [6, 6.07) is 22.5. The van der Waals surface area contributed by atoms with Crippen LogP contribution >= 0.6 is 0 Å². The largest absolute Gasteiger partial charge is 0.426 e. The first-order valence-electron chi connectivity index (χ1n) is 11.7. The summed E-state index contributed by atoms with van der Waals surface area (Å²) < 4.78 is 5.76. The predicted molar refractivity (Wildman–Crippen MR) is 130 cm³/mol. The fraction of sp³-hybridized carbons (Fsp3) is 0.214. The monoisotopic (exact) mass is 484 g/mol. The minimum Gasteiger partial charge on any atom is -0.426 e. The summed E-state index contributed by atoms with van der Waals surface area (Å²) in [5.41, 5.74) is 4.50. The zero-order valence-electron chi connectivity index (χ0n) is 19.7. The van der Waals surface area contributed by atoms with E-state index >= 15 is 0 Å². The second-order valence-electron chi connectivity index (χ2n) is 8.72. The highest BCUT2D eigenvalue weighted by Crippen LogP contribution is 2.45. The zero-order chi connectivity index (χ0) is 25.2. The Hall–Kier alpha value is -4.46. The number of esters is 1. The summed E-state index contributed by atoms with van der Waals surface area (Å²) in [6.07, 6.45) is 0.459. The Bertz CT molecular complexity index is 1290. The van der Waals surface area contributed by atoms with Gasteiger partial charge < -0.3 is 14.5 Å². The smallest absolute Gasteiger partial charge is 0.333 e. The number of para-hydroxylation sites is 2. The molecule has 1 fully saturated rings. The molecule has 0 aromatic heterocycles. The number of carbonyl (C=O) groups is 4. The van der Waals surface area contributed by atoms with Crippen LogP contribution in [0.3, 0.4) is 0 Å². The van der Waals surface area contributed by atoms with E-state index < -0.39 is 23.7 Å². The highest BCUT2D eigenvalue weighted by Gasteiger charge is 2.35. The fourth-order valence-electron chi connectivity index (χ4n) is 4.58. The van der Waals surface area contributed by atoms with Crippen molar-refractivity contribution in [2.24, 2.45) is 0 Å². The highest BCUT2D eigenvalue weighted by molar-refractivity contribution is 6.01. The third-order valence-electron chi connectivity index (χ3n) is 6.41. The molecular weight excluding hydrogens is 460 g/mol. The number of hydroxylamine groups is 2. The molecule has 0 bridgehead atoms. The number of carbonyl (C=O) groups excluding carboxylic acids is 4. The lowest BCUT2D eigenvalue weighted by Crippen LogP contribution is -2.32. The number of amides is 2. The average Bonchev–Trinajstić information content (AvgIpc) is 3.20. The molecule has 5 rings (SSSR count). The number of aryl methyl sites for hydroxylation is 1. The summed E-state index contributed by atoms with van der Waals surface area (Å²) in [4.78, 5) is 55.5. The second-order valence-corrected chi connectivity index (χ2v) is 8.72. The molecule has 2 aliphatic rings. The number of hydrogen-bond acceptors (Lipinski definition) is 7. The summed E-state index contributed by atoms with van der Waals surface area (Å²) in [6.45, 7) is 0. The van der Waals surface area contributed by atoms with Gasteiger partial charge in [-0.3, -0.25) is 14.4 Å². The molecule has 3 aromatic rings. The number of benzene rings is 3. The van der Waals surface area contributed by atoms with E-state index in [-0.39, 0.29) is 25.2 Å². The Balaban J connectivity index is 1.24. The molecule has 8 nitrogen and oxygen atoms in total. The first kappa shape index (κ1) is 23.3.